The number of ether oxygens (including phenoxy) is 2. The molecular formula is C28H19F3N4O6. The Morgan fingerprint density at radius 2 is 1.51 bits per heavy atom. The molecule has 0 fully saturated rings. The van der Waals surface area contributed by atoms with Crippen molar-refractivity contribution in [3.63, 3.8) is 0 Å². The molecule has 5 rings (SSSR count). The van der Waals surface area contributed by atoms with E-state index in [1.54, 1.807) is 24.3 Å². The van der Waals surface area contributed by atoms with Gasteiger partial charge in [0.25, 0.3) is 11.6 Å². The van der Waals surface area contributed by atoms with E-state index in [1.165, 1.54) is 6.07 Å². The Labute approximate surface area is 229 Å². The van der Waals surface area contributed by atoms with Crippen molar-refractivity contribution >= 4 is 5.69 Å². The molecule has 41 heavy (non-hydrogen) atoms. The summed E-state index contributed by atoms with van der Waals surface area (Å²) in [5, 5.41) is 27.7. The molecule has 0 saturated heterocycles. The first-order valence-electron chi connectivity index (χ1n) is 12.0. The molecule has 0 aliphatic carbocycles. The number of halogens is 3. The van der Waals surface area contributed by atoms with Crippen molar-refractivity contribution < 1.29 is 36.8 Å². The van der Waals surface area contributed by atoms with E-state index in [9.17, 15) is 28.5 Å². The zero-order valence-electron chi connectivity index (χ0n) is 20.9. The Balaban J connectivity index is 1.51. The summed E-state index contributed by atoms with van der Waals surface area (Å²) >= 11 is 0. The van der Waals surface area contributed by atoms with E-state index >= 15 is 0 Å². The fraction of sp³-hybridized carbons (Fsp3) is 0.107. The Hall–Kier alpha value is -5.46. The van der Waals surface area contributed by atoms with Crippen molar-refractivity contribution in [3.05, 3.63) is 123 Å². The Morgan fingerprint density at radius 1 is 0.878 bits per heavy atom. The molecule has 0 saturated carbocycles. The molecule has 2 aromatic heterocycles. The van der Waals surface area contributed by atoms with E-state index in [0.717, 1.165) is 23.3 Å². The Morgan fingerprint density at radius 3 is 2.10 bits per heavy atom. The van der Waals surface area contributed by atoms with E-state index in [0.29, 0.717) is 12.3 Å². The second-order valence-corrected chi connectivity index (χ2v) is 8.68. The second-order valence-electron chi connectivity index (χ2n) is 8.68. The van der Waals surface area contributed by atoms with Gasteiger partial charge < -0.3 is 19.2 Å². The van der Waals surface area contributed by atoms with Gasteiger partial charge in [-0.3, -0.25) is 10.1 Å². The molecule has 3 aromatic carbocycles. The summed E-state index contributed by atoms with van der Waals surface area (Å²) in [6.07, 6.45) is -4.18. The van der Waals surface area contributed by atoms with Crippen LogP contribution in [0.1, 0.15) is 16.8 Å². The molecule has 0 aliphatic rings. The molecule has 2 heterocycles. The number of aromatic nitrogens is 3. The van der Waals surface area contributed by atoms with Crippen molar-refractivity contribution in [3.8, 4) is 34.3 Å². The predicted octanol–water partition coefficient (Wildman–Crippen LogP) is 6.12. The van der Waals surface area contributed by atoms with E-state index in [4.69, 9.17) is 14.0 Å². The summed E-state index contributed by atoms with van der Waals surface area (Å²) < 4.78 is 55.6. The zero-order chi connectivity index (χ0) is 29.0. The molecule has 5 aromatic rings. The number of hydrogen-bond acceptors (Lipinski definition) is 8. The van der Waals surface area contributed by atoms with Crippen LogP contribution in [0.4, 0.5) is 18.9 Å². The normalized spacial score (nSPS) is 11.3. The highest BCUT2D eigenvalue weighted by molar-refractivity contribution is 5.69. The van der Waals surface area contributed by atoms with Gasteiger partial charge in [-0.05, 0) is 23.3 Å². The maximum Gasteiger partial charge on any atom is 0.478 e. The van der Waals surface area contributed by atoms with Gasteiger partial charge in [0.05, 0.1) is 16.1 Å². The molecule has 0 bridgehead atoms. The molecular weight excluding hydrogens is 545 g/mol. The third-order valence-electron chi connectivity index (χ3n) is 5.83. The summed E-state index contributed by atoms with van der Waals surface area (Å²) in [7, 11) is 0. The van der Waals surface area contributed by atoms with Gasteiger partial charge in [-0.1, -0.05) is 65.8 Å². The average Bonchev–Trinajstić information content (AvgIpc) is 3.46. The minimum atomic E-state index is -4.85. The fourth-order valence-corrected chi connectivity index (χ4v) is 3.85. The number of alkyl halides is 3. The summed E-state index contributed by atoms with van der Waals surface area (Å²) in [5.74, 6) is -0.481. The van der Waals surface area contributed by atoms with Crippen LogP contribution in [0.15, 0.2) is 95.6 Å². The van der Waals surface area contributed by atoms with Crippen LogP contribution in [-0.4, -0.2) is 15.1 Å². The van der Waals surface area contributed by atoms with Gasteiger partial charge in [0.15, 0.2) is 11.9 Å². The third-order valence-corrected chi connectivity index (χ3v) is 5.83. The molecule has 0 amide bonds. The summed E-state index contributed by atoms with van der Waals surface area (Å²) in [6.45, 7) is 0.0871. The van der Waals surface area contributed by atoms with Crippen LogP contribution in [0.5, 0.6) is 11.5 Å². The first-order valence-corrected chi connectivity index (χ1v) is 12.0. The van der Waals surface area contributed by atoms with Crippen LogP contribution in [0.3, 0.4) is 0 Å². The maximum atomic E-state index is 13.0. The van der Waals surface area contributed by atoms with Gasteiger partial charge in [-0.15, -0.1) is 0 Å². The SMILES string of the molecule is O=[N+]([O-])c1cc(-c2nc(-c3ccc(C(F)(F)F)[n+]([O-])c3)no2)cc(OCc2ccccc2)c1OCc1ccccc1. The molecule has 0 atom stereocenters. The van der Waals surface area contributed by atoms with Crippen molar-refractivity contribution in [2.24, 2.45) is 0 Å². The largest absolute Gasteiger partial charge is 0.618 e. The molecule has 208 valence electrons. The molecule has 0 N–H and O–H groups in total. The van der Waals surface area contributed by atoms with Crippen molar-refractivity contribution in [2.75, 3.05) is 0 Å². The van der Waals surface area contributed by atoms with Gasteiger partial charge in [-0.2, -0.15) is 22.9 Å². The first kappa shape index (κ1) is 27.1. The molecule has 0 aliphatic heterocycles. The van der Waals surface area contributed by atoms with E-state index in [-0.39, 0.29) is 52.3 Å². The lowest BCUT2D eigenvalue weighted by atomic mass is 10.1. The summed E-state index contributed by atoms with van der Waals surface area (Å²) in [6, 6.07) is 22.4. The second kappa shape index (κ2) is 11.3. The average molecular weight is 564 g/mol. The van der Waals surface area contributed by atoms with Crippen LogP contribution in [-0.2, 0) is 19.4 Å². The molecule has 0 unspecified atom stereocenters. The maximum absolute atomic E-state index is 13.0. The van der Waals surface area contributed by atoms with E-state index < -0.39 is 22.5 Å². The first-order chi connectivity index (χ1) is 19.7. The number of hydrogen-bond donors (Lipinski definition) is 0. The standard InChI is InChI=1S/C28H19F3N4O6/c29-28(30,31)24-12-11-20(15-34(24)36)26-32-27(41-33-26)21-13-22(35(37)38)25(40-17-19-9-5-2-6-10-19)23(14-21)39-16-18-7-3-1-4-8-18/h1-15H,16-17H2. The molecule has 13 heteroatoms. The Bertz CT molecular complexity index is 1680. The van der Waals surface area contributed by atoms with Gasteiger partial charge in [0.2, 0.25) is 11.6 Å². The van der Waals surface area contributed by atoms with Gasteiger partial charge in [0, 0.05) is 12.1 Å². The van der Waals surface area contributed by atoms with Crippen molar-refractivity contribution in [2.45, 2.75) is 19.4 Å². The molecule has 10 nitrogen and oxygen atoms in total. The topological polar surface area (TPSA) is 127 Å². The lowest BCUT2D eigenvalue weighted by Crippen LogP contribution is -2.36. The number of nitrogens with zero attached hydrogens (tertiary/aromatic N) is 4. The van der Waals surface area contributed by atoms with Crippen LogP contribution >= 0.6 is 0 Å². The highest BCUT2D eigenvalue weighted by atomic mass is 19.4. The van der Waals surface area contributed by atoms with E-state index in [2.05, 4.69) is 10.1 Å². The smallest absolute Gasteiger partial charge is 0.478 e. The Kier molecular flexibility index (Phi) is 7.50. The third kappa shape index (κ3) is 6.24. The van der Waals surface area contributed by atoms with Crippen molar-refractivity contribution in [1.29, 1.82) is 0 Å². The number of nitro benzene ring substituents is 1. The minimum Gasteiger partial charge on any atom is -0.618 e. The van der Waals surface area contributed by atoms with Crippen LogP contribution in [0.25, 0.3) is 22.8 Å². The van der Waals surface area contributed by atoms with Crippen molar-refractivity contribution in [1.82, 2.24) is 10.1 Å². The number of rotatable bonds is 9. The van der Waals surface area contributed by atoms with Crippen LogP contribution < -0.4 is 14.2 Å². The monoisotopic (exact) mass is 564 g/mol. The number of nitro groups is 1. The van der Waals surface area contributed by atoms with Gasteiger partial charge >= 0.3 is 11.9 Å². The highest BCUT2D eigenvalue weighted by Gasteiger charge is 2.39. The van der Waals surface area contributed by atoms with E-state index in [1.807, 2.05) is 36.4 Å². The quantitative estimate of drug-likeness (QED) is 0.0907. The number of pyridine rings is 1. The zero-order valence-corrected chi connectivity index (χ0v) is 20.9. The predicted molar refractivity (Wildman–Crippen MR) is 137 cm³/mol. The number of benzene rings is 3. The molecule has 0 spiro atoms. The lowest BCUT2D eigenvalue weighted by Gasteiger charge is -2.14. The summed E-state index contributed by atoms with van der Waals surface area (Å²) in [4.78, 5) is 15.6. The van der Waals surface area contributed by atoms with Gasteiger partial charge in [-0.25, -0.2) is 0 Å². The van der Waals surface area contributed by atoms with Crippen LogP contribution in [0, 0.1) is 15.3 Å². The highest BCUT2D eigenvalue weighted by Crippen LogP contribution is 2.42. The molecule has 0 radical (unpaired) electrons. The lowest BCUT2D eigenvalue weighted by molar-refractivity contribution is -0.628. The van der Waals surface area contributed by atoms with Gasteiger partial charge in [0.1, 0.15) is 13.2 Å². The fourth-order valence-electron chi connectivity index (χ4n) is 3.85. The summed E-state index contributed by atoms with van der Waals surface area (Å²) in [5.41, 5.74) is -0.246. The van der Waals surface area contributed by atoms with Crippen LogP contribution in [0.2, 0.25) is 0 Å². The minimum absolute atomic E-state index is 0.0244.